The summed E-state index contributed by atoms with van der Waals surface area (Å²) in [5.74, 6) is -2.47. The van der Waals surface area contributed by atoms with Crippen molar-refractivity contribution < 1.29 is 63.2 Å². The van der Waals surface area contributed by atoms with Gasteiger partial charge in [0.25, 0.3) is 17.7 Å². The maximum absolute atomic E-state index is 14.5. The van der Waals surface area contributed by atoms with Crippen LogP contribution in [0.2, 0.25) is 0 Å². The van der Waals surface area contributed by atoms with E-state index in [-0.39, 0.29) is 92.3 Å². The molecule has 27 heteroatoms. The molecule has 3 saturated heterocycles. The number of carbonyl (C=O) groups excluding carboxylic acids is 3. The molecular weight excluding hydrogens is 1270 g/mol. The van der Waals surface area contributed by atoms with E-state index in [0.717, 1.165) is 22.3 Å². The summed E-state index contributed by atoms with van der Waals surface area (Å²) in [5, 5.41) is 40.4. The minimum absolute atomic E-state index is 0. The molecule has 6 aromatic heterocycles. The number of benzene rings is 3. The quantitative estimate of drug-likeness (QED) is 0.0512. The minimum atomic E-state index is -0.800. The Labute approximate surface area is 550 Å². The number of rotatable bonds is 13. The second-order valence-corrected chi connectivity index (χ2v) is 22.2. The van der Waals surface area contributed by atoms with Gasteiger partial charge in [0.15, 0.2) is 0 Å². The third kappa shape index (κ3) is 19.1. The second kappa shape index (κ2) is 34.5. The standard InChI is InChI=1S/C22H22FN3O4.2C21H20FN3O4.CH2Cl2.CH4.H2S.H2/c1-29-20-6-5-13(11-24-20)9-14-10-18(25-21-15(14)3-2-4-16(21)23)22(28)26-17-7-8-30-12-19(17)27;2*22-15-3-1-2-14-13(8-12-4-5-19(27)23-10-12)9-17(24-20(14)15)21(28)25-16-6-7-29-11-18(16)26;2-1-3;;;/h2-6,10-11,17,19,27H,7-9,12H2,1H3,(H,26,28);2*1-5,9-10,16,18,26H,6-8,11H2,(H,23,27)(H,25,28);1H2;1H4;1H2;1H/t17-,19-;2*16-,18-;;;;/m000..../s1/i;;;;;;1+2. The van der Waals surface area contributed by atoms with Crippen LogP contribution in [0.4, 0.5) is 13.2 Å². The number of aliphatic hydroxyl groups is 3. The van der Waals surface area contributed by atoms with Crippen LogP contribution in [0.1, 0.15) is 93.0 Å². The average Bonchev–Trinajstić information content (AvgIpc) is 0.802. The van der Waals surface area contributed by atoms with Crippen LogP contribution < -0.4 is 31.8 Å². The van der Waals surface area contributed by atoms with Gasteiger partial charge < -0.3 is 60.2 Å². The lowest BCUT2D eigenvalue weighted by molar-refractivity contribution is -0.0261. The molecule has 6 atom stereocenters. The molecule has 9 heterocycles. The number of nitrogens with zero attached hydrogens (tertiary/aromatic N) is 4. The number of alkyl halides is 2. The molecule has 12 rings (SSSR count). The number of H-pyrrole nitrogens is 2. The number of halogens is 5. The number of aromatic nitrogens is 6. The first kappa shape index (κ1) is 72.1. The van der Waals surface area contributed by atoms with Crippen LogP contribution in [-0.4, -0.2) is 151 Å². The van der Waals surface area contributed by atoms with Gasteiger partial charge in [-0.25, -0.2) is 33.1 Å². The summed E-state index contributed by atoms with van der Waals surface area (Å²) < 4.78 is 64.0. The molecule has 0 radical (unpaired) electrons. The van der Waals surface area contributed by atoms with Gasteiger partial charge in [0.1, 0.15) is 51.1 Å². The molecular formula is C66H72Cl2F3N9O12S. The molecule has 0 unspecified atom stereocenters. The van der Waals surface area contributed by atoms with Gasteiger partial charge in [0, 0.05) is 74.2 Å². The highest BCUT2D eigenvalue weighted by atomic mass is 35.5. The molecule has 0 spiro atoms. The first-order chi connectivity index (χ1) is 44.0. The molecule has 3 fully saturated rings. The Hall–Kier alpha value is -8.37. The number of aliphatic hydroxyl groups excluding tert-OH is 3. The van der Waals surface area contributed by atoms with Crippen molar-refractivity contribution >= 4 is 87.1 Å². The fraction of sp³-hybridized carbons (Fsp3) is 0.318. The molecule has 3 amide bonds. The van der Waals surface area contributed by atoms with Crippen molar-refractivity contribution in [2.45, 2.75) is 82.4 Å². The van der Waals surface area contributed by atoms with E-state index in [2.05, 4.69) is 45.9 Å². The topological polar surface area (TPSA) is 302 Å². The van der Waals surface area contributed by atoms with Crippen molar-refractivity contribution in [1.29, 1.82) is 0 Å². The maximum atomic E-state index is 14.5. The zero-order valence-electron chi connectivity index (χ0n) is 49.5. The smallest absolute Gasteiger partial charge is 0.270 e. The molecule has 21 nitrogen and oxygen atoms in total. The Morgan fingerprint density at radius 3 is 1.18 bits per heavy atom. The first-order valence-corrected chi connectivity index (χ1v) is 30.0. The van der Waals surface area contributed by atoms with E-state index in [1.165, 1.54) is 30.3 Å². The van der Waals surface area contributed by atoms with Gasteiger partial charge in [0.2, 0.25) is 17.0 Å². The van der Waals surface area contributed by atoms with Crippen LogP contribution in [0.3, 0.4) is 0 Å². The number of pyridine rings is 6. The van der Waals surface area contributed by atoms with Gasteiger partial charge in [-0.2, -0.15) is 13.5 Å². The zero-order chi connectivity index (χ0) is 64.6. The minimum Gasteiger partial charge on any atom is -0.481 e. The molecule has 0 bridgehead atoms. The van der Waals surface area contributed by atoms with Crippen LogP contribution in [0.15, 0.2) is 137 Å². The normalized spacial score (nSPS) is 18.3. The van der Waals surface area contributed by atoms with Crippen LogP contribution in [0, 0.1) is 17.5 Å². The van der Waals surface area contributed by atoms with Gasteiger partial charge in [-0.1, -0.05) is 62.0 Å². The van der Waals surface area contributed by atoms with E-state index in [1.807, 2.05) is 6.07 Å². The molecule has 3 aliphatic heterocycles. The molecule has 3 aliphatic rings. The maximum Gasteiger partial charge on any atom is 0.270 e. The predicted octanol–water partition coefficient (Wildman–Crippen LogP) is 7.73. The lowest BCUT2D eigenvalue weighted by Crippen LogP contribution is -2.48. The van der Waals surface area contributed by atoms with Crippen molar-refractivity contribution in [1.82, 2.24) is 45.9 Å². The van der Waals surface area contributed by atoms with Gasteiger partial charge in [-0.05, 0) is 108 Å². The molecule has 9 aromatic rings. The van der Waals surface area contributed by atoms with Crippen LogP contribution >= 0.6 is 36.7 Å². The average molecular weight is 1350 g/mol. The van der Waals surface area contributed by atoms with Crippen LogP contribution in [0.5, 0.6) is 5.88 Å². The van der Waals surface area contributed by atoms with Crippen molar-refractivity contribution in [3.8, 4) is 5.88 Å². The summed E-state index contributed by atoms with van der Waals surface area (Å²) in [5.41, 5.74) is 4.84. The number of para-hydroxylation sites is 3. The van der Waals surface area contributed by atoms with Crippen molar-refractivity contribution in [2.75, 3.05) is 52.1 Å². The number of carbonyl (C=O) groups is 3. The molecule has 93 heavy (non-hydrogen) atoms. The fourth-order valence-corrected chi connectivity index (χ4v) is 10.4. The van der Waals surface area contributed by atoms with Crippen molar-refractivity contribution in [3.05, 3.63) is 216 Å². The monoisotopic (exact) mass is 1340 g/mol. The summed E-state index contributed by atoms with van der Waals surface area (Å²) in [6, 6.07) is 27.4. The number of methoxy groups -OCH3 is 1. The number of hydrogen-bond donors (Lipinski definition) is 8. The van der Waals surface area contributed by atoms with E-state index < -0.39 is 71.6 Å². The summed E-state index contributed by atoms with van der Waals surface area (Å²) in [7, 11) is 1.54. The largest absolute Gasteiger partial charge is 0.481 e. The number of fused-ring (bicyclic) bond motifs is 3. The predicted molar refractivity (Wildman–Crippen MR) is 352 cm³/mol. The Morgan fingerprint density at radius 1 is 0.559 bits per heavy atom. The van der Waals surface area contributed by atoms with Gasteiger partial charge in [-0.3, -0.25) is 24.0 Å². The Balaban J connectivity index is 0.000000215. The third-order valence-corrected chi connectivity index (χ3v) is 15.1. The number of amides is 3. The van der Waals surface area contributed by atoms with Crippen LogP contribution in [-0.2, 0) is 33.5 Å². The van der Waals surface area contributed by atoms with Gasteiger partial charge in [0.05, 0.1) is 68.7 Å². The van der Waals surface area contributed by atoms with Crippen molar-refractivity contribution in [2.24, 2.45) is 0 Å². The van der Waals surface area contributed by atoms with Crippen molar-refractivity contribution in [3.63, 3.8) is 0 Å². The zero-order valence-corrected chi connectivity index (χ0v) is 52.0. The molecule has 3 aromatic carbocycles. The summed E-state index contributed by atoms with van der Waals surface area (Å²) in [6.07, 6.45) is 5.16. The van der Waals surface area contributed by atoms with Crippen LogP contribution in [0.25, 0.3) is 32.7 Å². The number of ether oxygens (including phenoxy) is 4. The fourth-order valence-electron chi connectivity index (χ4n) is 10.4. The third-order valence-electron chi connectivity index (χ3n) is 15.1. The Bertz CT molecular complexity index is 3950. The van der Waals surface area contributed by atoms with E-state index >= 15 is 0 Å². The SMILES string of the molecule is C.COc1ccc(Cc2cc(C(=O)N[C@H]3CCOC[C@@H]3O)nc3c(F)cccc23)cn1.ClCCl.O=C(N[C@H]1CCOC[C@@H]1O)c1cc(Cc2ccc(=O)[nH]c2)c2cccc(F)c2n1.O=C(N[C@H]1CCOC[C@@H]1O)c1cc(Cc2ccc(=O)[nH]c2)c2cccc(F)c2n1.S.[3HH]. The molecule has 0 saturated carbocycles. The summed E-state index contributed by atoms with van der Waals surface area (Å²) >= 11 is 9.53. The summed E-state index contributed by atoms with van der Waals surface area (Å²) in [4.78, 5) is 83.1. The molecule has 0 aliphatic carbocycles. The van der Waals surface area contributed by atoms with E-state index in [9.17, 15) is 52.5 Å². The lowest BCUT2D eigenvalue weighted by atomic mass is 10.00. The molecule has 8 N–H and O–H groups in total. The van der Waals surface area contributed by atoms with Gasteiger partial charge in [-0.15, -0.1) is 23.2 Å². The lowest BCUT2D eigenvalue weighted by Gasteiger charge is -2.28. The van der Waals surface area contributed by atoms with E-state index in [0.29, 0.717) is 91.5 Å². The summed E-state index contributed by atoms with van der Waals surface area (Å²) in [6.45, 7) is 1.82. The Morgan fingerprint density at radius 2 is 0.892 bits per heavy atom. The highest BCUT2D eigenvalue weighted by molar-refractivity contribution is 7.59. The van der Waals surface area contributed by atoms with E-state index in [1.54, 1.807) is 98.5 Å². The molecule has 494 valence electrons. The number of hydrogen-bond acceptors (Lipinski definition) is 16. The number of nitrogens with one attached hydrogen (secondary N) is 5. The highest BCUT2D eigenvalue weighted by Crippen LogP contribution is 2.28. The Kier molecular flexibility index (Phi) is 26.7. The van der Waals surface area contributed by atoms with E-state index in [4.69, 9.17) is 42.1 Å². The number of aromatic amines is 2. The second-order valence-electron chi connectivity index (χ2n) is 21.4. The highest BCUT2D eigenvalue weighted by Gasteiger charge is 2.30. The first-order valence-electron chi connectivity index (χ1n) is 28.9. The van der Waals surface area contributed by atoms with Gasteiger partial charge >= 0.3 is 0 Å².